The van der Waals surface area contributed by atoms with Gasteiger partial charge < -0.3 is 14.9 Å². The van der Waals surface area contributed by atoms with Gasteiger partial charge in [-0.15, -0.1) is 0 Å². The van der Waals surface area contributed by atoms with Gasteiger partial charge in [-0.05, 0) is 43.5 Å². The number of rotatable bonds is 2. The minimum Gasteiger partial charge on any atom is -0.508 e. The molecule has 1 saturated carbocycles. The Morgan fingerprint density at radius 3 is 2.40 bits per heavy atom. The van der Waals surface area contributed by atoms with Crippen LogP contribution in [0.5, 0.6) is 11.5 Å². The van der Waals surface area contributed by atoms with E-state index in [1.54, 1.807) is 24.3 Å². The number of ether oxygens (including phenoxy) is 1. The molecular weight excluding hydrogens is 192 g/mol. The third kappa shape index (κ3) is 2.63. The summed E-state index contributed by atoms with van der Waals surface area (Å²) in [6.07, 6.45) is 3.47. The van der Waals surface area contributed by atoms with Crippen LogP contribution in [0, 0.1) is 0 Å². The second-order valence-corrected chi connectivity index (χ2v) is 4.00. The highest BCUT2D eigenvalue weighted by Crippen LogP contribution is 2.24. The minimum absolute atomic E-state index is 0.0942. The van der Waals surface area contributed by atoms with Gasteiger partial charge in [-0.1, -0.05) is 6.42 Å². The zero-order chi connectivity index (χ0) is 10.7. The van der Waals surface area contributed by atoms with Crippen LogP contribution in [0.25, 0.3) is 0 Å². The molecule has 0 saturated heterocycles. The monoisotopic (exact) mass is 208 g/mol. The number of aliphatic hydroxyl groups is 1. The van der Waals surface area contributed by atoms with Crippen LogP contribution in [-0.2, 0) is 0 Å². The summed E-state index contributed by atoms with van der Waals surface area (Å²) >= 11 is 0. The normalized spacial score (nSPS) is 26.2. The molecule has 0 heterocycles. The second kappa shape index (κ2) is 4.53. The Labute approximate surface area is 89.3 Å². The van der Waals surface area contributed by atoms with Crippen LogP contribution < -0.4 is 4.74 Å². The largest absolute Gasteiger partial charge is 0.508 e. The molecule has 1 aliphatic carbocycles. The molecule has 1 aromatic carbocycles. The molecule has 3 nitrogen and oxygen atoms in total. The molecule has 0 aromatic heterocycles. The Bertz CT molecular complexity index is 307. The van der Waals surface area contributed by atoms with E-state index >= 15 is 0 Å². The second-order valence-electron chi connectivity index (χ2n) is 4.00. The number of aromatic hydroxyl groups is 1. The third-order valence-electron chi connectivity index (χ3n) is 2.79. The average molecular weight is 208 g/mol. The molecule has 1 fully saturated rings. The zero-order valence-electron chi connectivity index (χ0n) is 8.60. The molecule has 0 radical (unpaired) electrons. The Kier molecular flexibility index (Phi) is 3.11. The molecule has 2 rings (SSSR count). The van der Waals surface area contributed by atoms with Gasteiger partial charge in [0, 0.05) is 0 Å². The standard InChI is InChI=1S/C12H16O3/c13-9-5-7-10(8-6-9)15-12-4-2-1-3-11(12)14/h5-8,11-14H,1-4H2/t11-,12-/m0/s1. The fraction of sp³-hybridized carbons (Fsp3) is 0.500. The number of phenols is 1. The van der Waals surface area contributed by atoms with Crippen LogP contribution in [-0.4, -0.2) is 22.4 Å². The maximum absolute atomic E-state index is 9.71. The van der Waals surface area contributed by atoms with Crippen LogP contribution >= 0.6 is 0 Å². The van der Waals surface area contributed by atoms with Crippen molar-refractivity contribution in [3.05, 3.63) is 24.3 Å². The fourth-order valence-corrected chi connectivity index (χ4v) is 1.91. The van der Waals surface area contributed by atoms with Crippen molar-refractivity contribution in [2.75, 3.05) is 0 Å². The first-order valence-corrected chi connectivity index (χ1v) is 5.39. The summed E-state index contributed by atoms with van der Waals surface area (Å²) in [5, 5.41) is 18.8. The van der Waals surface area contributed by atoms with E-state index in [0.717, 1.165) is 25.7 Å². The molecule has 0 unspecified atom stereocenters. The van der Waals surface area contributed by atoms with Crippen LogP contribution in [0.15, 0.2) is 24.3 Å². The van der Waals surface area contributed by atoms with Crippen molar-refractivity contribution in [2.24, 2.45) is 0 Å². The van der Waals surface area contributed by atoms with Crippen molar-refractivity contribution >= 4 is 0 Å². The van der Waals surface area contributed by atoms with Crippen molar-refractivity contribution < 1.29 is 14.9 Å². The average Bonchev–Trinajstić information content (AvgIpc) is 2.25. The summed E-state index contributed by atoms with van der Waals surface area (Å²) in [7, 11) is 0. The Balaban J connectivity index is 1.98. The zero-order valence-corrected chi connectivity index (χ0v) is 8.60. The Hall–Kier alpha value is -1.22. The smallest absolute Gasteiger partial charge is 0.124 e. The summed E-state index contributed by atoms with van der Waals surface area (Å²) in [6, 6.07) is 6.61. The predicted octanol–water partition coefficient (Wildman–Crippen LogP) is 2.07. The van der Waals surface area contributed by atoms with Crippen LogP contribution in [0.1, 0.15) is 25.7 Å². The summed E-state index contributed by atoms with van der Waals surface area (Å²) in [5.74, 6) is 0.935. The summed E-state index contributed by atoms with van der Waals surface area (Å²) in [6.45, 7) is 0. The van der Waals surface area contributed by atoms with Gasteiger partial charge in [0.1, 0.15) is 17.6 Å². The van der Waals surface area contributed by atoms with Crippen molar-refractivity contribution in [2.45, 2.75) is 37.9 Å². The molecule has 2 N–H and O–H groups in total. The molecule has 1 aromatic rings. The van der Waals surface area contributed by atoms with E-state index < -0.39 is 0 Å². The molecule has 0 spiro atoms. The topological polar surface area (TPSA) is 49.7 Å². The maximum Gasteiger partial charge on any atom is 0.124 e. The van der Waals surface area contributed by atoms with Crippen molar-refractivity contribution in [1.29, 1.82) is 0 Å². The van der Waals surface area contributed by atoms with E-state index in [2.05, 4.69) is 0 Å². The van der Waals surface area contributed by atoms with E-state index in [1.165, 1.54) is 0 Å². The molecule has 82 valence electrons. The molecule has 1 aliphatic rings. The summed E-state index contributed by atoms with van der Waals surface area (Å²) < 4.78 is 5.66. The van der Waals surface area contributed by atoms with E-state index in [1.807, 2.05) is 0 Å². The fourth-order valence-electron chi connectivity index (χ4n) is 1.91. The number of hydrogen-bond donors (Lipinski definition) is 2. The van der Waals surface area contributed by atoms with Gasteiger partial charge in [0.25, 0.3) is 0 Å². The molecular formula is C12H16O3. The first-order valence-electron chi connectivity index (χ1n) is 5.39. The quantitative estimate of drug-likeness (QED) is 0.782. The molecule has 15 heavy (non-hydrogen) atoms. The van der Waals surface area contributed by atoms with Gasteiger partial charge in [0.05, 0.1) is 6.10 Å². The summed E-state index contributed by atoms with van der Waals surface area (Å²) in [4.78, 5) is 0. The Morgan fingerprint density at radius 2 is 1.73 bits per heavy atom. The lowest BCUT2D eigenvalue weighted by Gasteiger charge is -2.28. The SMILES string of the molecule is Oc1ccc(O[C@H]2CCCC[C@@H]2O)cc1. The first-order chi connectivity index (χ1) is 7.25. The van der Waals surface area contributed by atoms with Crippen molar-refractivity contribution in [3.63, 3.8) is 0 Å². The lowest BCUT2D eigenvalue weighted by Crippen LogP contribution is -2.34. The molecule has 0 amide bonds. The summed E-state index contributed by atoms with van der Waals surface area (Å²) in [5.41, 5.74) is 0. The lowest BCUT2D eigenvalue weighted by molar-refractivity contribution is 0.00686. The van der Waals surface area contributed by atoms with Crippen molar-refractivity contribution in [1.82, 2.24) is 0 Å². The Morgan fingerprint density at radius 1 is 1.07 bits per heavy atom. The number of phenolic OH excluding ortho intramolecular Hbond substituents is 1. The molecule has 3 heteroatoms. The number of hydrogen-bond acceptors (Lipinski definition) is 3. The van der Waals surface area contributed by atoms with Gasteiger partial charge in [0.15, 0.2) is 0 Å². The van der Waals surface area contributed by atoms with Gasteiger partial charge in [-0.25, -0.2) is 0 Å². The number of benzene rings is 1. The van der Waals surface area contributed by atoms with Gasteiger partial charge in [0.2, 0.25) is 0 Å². The highest BCUT2D eigenvalue weighted by molar-refractivity contribution is 5.30. The van der Waals surface area contributed by atoms with E-state index in [-0.39, 0.29) is 18.0 Å². The van der Waals surface area contributed by atoms with Crippen LogP contribution in [0.3, 0.4) is 0 Å². The van der Waals surface area contributed by atoms with Crippen LogP contribution in [0.2, 0.25) is 0 Å². The number of aliphatic hydroxyl groups excluding tert-OH is 1. The lowest BCUT2D eigenvalue weighted by atomic mass is 9.95. The van der Waals surface area contributed by atoms with E-state index in [9.17, 15) is 5.11 Å². The van der Waals surface area contributed by atoms with Gasteiger partial charge in [-0.2, -0.15) is 0 Å². The maximum atomic E-state index is 9.71. The van der Waals surface area contributed by atoms with Crippen LogP contribution in [0.4, 0.5) is 0 Å². The third-order valence-corrected chi connectivity index (χ3v) is 2.79. The molecule has 2 atom stereocenters. The molecule has 0 bridgehead atoms. The molecule has 0 aliphatic heterocycles. The van der Waals surface area contributed by atoms with E-state index in [0.29, 0.717) is 5.75 Å². The highest BCUT2D eigenvalue weighted by Gasteiger charge is 2.24. The van der Waals surface area contributed by atoms with Gasteiger partial charge in [-0.3, -0.25) is 0 Å². The predicted molar refractivity (Wildman–Crippen MR) is 57.0 cm³/mol. The highest BCUT2D eigenvalue weighted by atomic mass is 16.5. The minimum atomic E-state index is -0.354. The first kappa shape index (κ1) is 10.3. The van der Waals surface area contributed by atoms with Crippen molar-refractivity contribution in [3.8, 4) is 11.5 Å². The van der Waals surface area contributed by atoms with Gasteiger partial charge >= 0.3 is 0 Å². The van der Waals surface area contributed by atoms with E-state index in [4.69, 9.17) is 9.84 Å².